The second-order valence-corrected chi connectivity index (χ2v) is 13.6. The molecule has 9 heteroatoms. The zero-order valence-electron chi connectivity index (χ0n) is 22.3. The zero-order valence-corrected chi connectivity index (χ0v) is 23.2. The van der Waals surface area contributed by atoms with E-state index in [1.165, 1.54) is 6.26 Å². The van der Waals surface area contributed by atoms with Crippen molar-refractivity contribution in [3.05, 3.63) is 76.5 Å². The molecule has 1 aliphatic heterocycles. The Hall–Kier alpha value is -3.46. The fourth-order valence-electron chi connectivity index (χ4n) is 5.48. The number of pyridine rings is 1. The Labute approximate surface area is 222 Å². The minimum absolute atomic E-state index is 0.00236. The fraction of sp³-hybridized carbons (Fsp3) is 0.414. The number of benzene rings is 2. The molecule has 0 saturated carbocycles. The van der Waals surface area contributed by atoms with Crippen LogP contribution in [0.3, 0.4) is 0 Å². The Morgan fingerprint density at radius 3 is 2.32 bits per heavy atom. The first kappa shape index (κ1) is 26.2. The summed E-state index contributed by atoms with van der Waals surface area (Å²) in [4.78, 5) is 32.4. The van der Waals surface area contributed by atoms with Crippen LogP contribution in [-0.4, -0.2) is 57.4 Å². The van der Waals surface area contributed by atoms with Gasteiger partial charge in [0.15, 0.2) is 9.84 Å². The van der Waals surface area contributed by atoms with Crippen molar-refractivity contribution in [3.8, 4) is 0 Å². The van der Waals surface area contributed by atoms with E-state index in [0.717, 1.165) is 40.2 Å². The first-order chi connectivity index (χ1) is 18.0. The summed E-state index contributed by atoms with van der Waals surface area (Å²) >= 11 is 0. The molecule has 0 aliphatic carbocycles. The highest BCUT2D eigenvalue weighted by molar-refractivity contribution is 7.92. The lowest BCUT2D eigenvalue weighted by molar-refractivity contribution is -0.130. The highest BCUT2D eigenvalue weighted by atomic mass is 32.2. The molecule has 1 saturated heterocycles. The van der Waals surface area contributed by atoms with E-state index in [-0.39, 0.29) is 30.6 Å². The molecule has 2 aromatic heterocycles. The maximum absolute atomic E-state index is 13.9. The number of para-hydroxylation sites is 2. The van der Waals surface area contributed by atoms with Crippen molar-refractivity contribution < 1.29 is 13.2 Å². The molecule has 38 heavy (non-hydrogen) atoms. The monoisotopic (exact) mass is 534 g/mol. The molecule has 2 aromatic carbocycles. The van der Waals surface area contributed by atoms with Crippen molar-refractivity contribution in [1.82, 2.24) is 19.0 Å². The van der Waals surface area contributed by atoms with E-state index in [4.69, 9.17) is 4.98 Å². The van der Waals surface area contributed by atoms with Crippen LogP contribution in [0.1, 0.15) is 50.9 Å². The molecule has 8 nitrogen and oxygen atoms in total. The Morgan fingerprint density at radius 1 is 1.03 bits per heavy atom. The third-order valence-electron chi connectivity index (χ3n) is 8.05. The zero-order chi connectivity index (χ0) is 27.2. The van der Waals surface area contributed by atoms with Crippen LogP contribution in [0, 0.1) is 0 Å². The summed E-state index contributed by atoms with van der Waals surface area (Å²) in [6, 6.07) is 15.6. The smallest absolute Gasteiger partial charge is 0.329 e. The van der Waals surface area contributed by atoms with Crippen molar-refractivity contribution in [2.24, 2.45) is 0 Å². The predicted octanol–water partition coefficient (Wildman–Crippen LogP) is 3.95. The van der Waals surface area contributed by atoms with E-state index in [9.17, 15) is 18.0 Å². The van der Waals surface area contributed by atoms with Crippen molar-refractivity contribution >= 4 is 37.6 Å². The normalized spacial score (nSPS) is 15.4. The van der Waals surface area contributed by atoms with Crippen LogP contribution in [0.25, 0.3) is 21.8 Å². The minimum Gasteiger partial charge on any atom is -0.343 e. The standard InChI is InChI=1S/C29H34N4O4S/c1-20(34)31-15-13-22(14-16-31)33-27-12-8-7-11-26(27)32(28(33)35)19-25-24(17-29(2,3)38(4,36)37)23-10-6-5-9-21(23)18-30-25/h5-12,18,22H,13-17,19H2,1-4H3. The number of likely N-dealkylation sites (tertiary alicyclic amines) is 1. The van der Waals surface area contributed by atoms with Gasteiger partial charge in [-0.3, -0.25) is 18.9 Å². The summed E-state index contributed by atoms with van der Waals surface area (Å²) in [5, 5.41) is 1.88. The molecule has 5 rings (SSSR count). The second kappa shape index (κ2) is 9.69. The predicted molar refractivity (Wildman–Crippen MR) is 150 cm³/mol. The van der Waals surface area contributed by atoms with Crippen LogP contribution in [0.4, 0.5) is 0 Å². The molecule has 1 aliphatic rings. The van der Waals surface area contributed by atoms with Crippen molar-refractivity contribution in [2.75, 3.05) is 19.3 Å². The Kier molecular flexibility index (Phi) is 6.67. The van der Waals surface area contributed by atoms with E-state index >= 15 is 0 Å². The molecule has 0 bridgehead atoms. The van der Waals surface area contributed by atoms with Crippen LogP contribution in [0.2, 0.25) is 0 Å². The van der Waals surface area contributed by atoms with E-state index < -0.39 is 14.6 Å². The molecule has 4 aromatic rings. The number of aromatic nitrogens is 3. The number of amides is 1. The third kappa shape index (κ3) is 4.64. The van der Waals surface area contributed by atoms with E-state index in [1.54, 1.807) is 31.5 Å². The largest absolute Gasteiger partial charge is 0.343 e. The third-order valence-corrected chi connectivity index (χ3v) is 10.2. The van der Waals surface area contributed by atoms with Gasteiger partial charge in [0.2, 0.25) is 5.91 Å². The van der Waals surface area contributed by atoms with E-state index in [2.05, 4.69) is 0 Å². The van der Waals surface area contributed by atoms with Crippen molar-refractivity contribution in [1.29, 1.82) is 0 Å². The first-order valence-electron chi connectivity index (χ1n) is 13.0. The number of nitrogens with zero attached hydrogens (tertiary/aromatic N) is 4. The maximum atomic E-state index is 13.9. The summed E-state index contributed by atoms with van der Waals surface area (Å²) in [5.74, 6) is 0.0603. The summed E-state index contributed by atoms with van der Waals surface area (Å²) < 4.78 is 27.9. The number of piperidine rings is 1. The first-order valence-corrected chi connectivity index (χ1v) is 14.9. The molecule has 0 spiro atoms. The van der Waals surface area contributed by atoms with E-state index in [1.807, 2.05) is 58.0 Å². The van der Waals surface area contributed by atoms with Crippen LogP contribution in [0.5, 0.6) is 0 Å². The molecule has 200 valence electrons. The number of hydrogen-bond donors (Lipinski definition) is 0. The van der Waals surface area contributed by atoms with Gasteiger partial charge in [-0.15, -0.1) is 0 Å². The average Bonchev–Trinajstić information content (AvgIpc) is 3.15. The van der Waals surface area contributed by atoms with Gasteiger partial charge >= 0.3 is 5.69 Å². The second-order valence-electron chi connectivity index (χ2n) is 10.9. The number of rotatable bonds is 6. The Bertz CT molecular complexity index is 1690. The van der Waals surface area contributed by atoms with Gasteiger partial charge in [-0.05, 0) is 56.2 Å². The van der Waals surface area contributed by atoms with Gasteiger partial charge in [0.05, 0.1) is 28.0 Å². The molecule has 0 N–H and O–H groups in total. The minimum atomic E-state index is -3.35. The number of carbonyl (C=O) groups excluding carboxylic acids is 1. The topological polar surface area (TPSA) is 94.3 Å². The van der Waals surface area contributed by atoms with Crippen LogP contribution >= 0.6 is 0 Å². The average molecular weight is 535 g/mol. The van der Waals surface area contributed by atoms with Gasteiger partial charge in [-0.1, -0.05) is 36.4 Å². The number of sulfone groups is 1. The van der Waals surface area contributed by atoms with Gasteiger partial charge in [-0.25, -0.2) is 13.2 Å². The van der Waals surface area contributed by atoms with Gasteiger partial charge in [0, 0.05) is 43.9 Å². The van der Waals surface area contributed by atoms with Gasteiger partial charge in [0.25, 0.3) is 0 Å². The number of imidazole rings is 1. The Morgan fingerprint density at radius 2 is 1.66 bits per heavy atom. The molecule has 1 amide bonds. The van der Waals surface area contributed by atoms with Crippen LogP contribution < -0.4 is 5.69 Å². The lowest BCUT2D eigenvalue weighted by atomic mass is 9.95. The number of carbonyl (C=O) groups is 1. The molecule has 0 unspecified atom stereocenters. The lowest BCUT2D eigenvalue weighted by Gasteiger charge is -2.31. The molecule has 0 atom stereocenters. The fourth-order valence-corrected chi connectivity index (χ4v) is 5.89. The summed E-state index contributed by atoms with van der Waals surface area (Å²) in [6.07, 6.45) is 4.78. The summed E-state index contributed by atoms with van der Waals surface area (Å²) in [7, 11) is -3.35. The molecule has 0 radical (unpaired) electrons. The summed E-state index contributed by atoms with van der Waals surface area (Å²) in [6.45, 7) is 6.54. The lowest BCUT2D eigenvalue weighted by Crippen LogP contribution is -2.40. The van der Waals surface area contributed by atoms with E-state index in [0.29, 0.717) is 18.8 Å². The summed E-state index contributed by atoms with van der Waals surface area (Å²) in [5.41, 5.74) is 3.09. The molecule has 1 fully saturated rings. The maximum Gasteiger partial charge on any atom is 0.329 e. The highest BCUT2D eigenvalue weighted by Gasteiger charge is 2.33. The molecule has 3 heterocycles. The number of fused-ring (bicyclic) bond motifs is 2. The van der Waals surface area contributed by atoms with Gasteiger partial charge in [-0.2, -0.15) is 0 Å². The van der Waals surface area contributed by atoms with Crippen molar-refractivity contribution in [2.45, 2.75) is 57.4 Å². The highest BCUT2D eigenvalue weighted by Crippen LogP contribution is 2.30. The molecular weight excluding hydrogens is 500 g/mol. The molecular formula is C29H34N4O4S. The van der Waals surface area contributed by atoms with Gasteiger partial charge in [0.1, 0.15) is 0 Å². The van der Waals surface area contributed by atoms with Crippen LogP contribution in [0.15, 0.2) is 59.5 Å². The van der Waals surface area contributed by atoms with Crippen LogP contribution in [-0.2, 0) is 27.6 Å². The quantitative estimate of drug-likeness (QED) is 0.373. The van der Waals surface area contributed by atoms with Gasteiger partial charge < -0.3 is 4.90 Å². The Balaban J connectivity index is 1.62. The number of hydrogen-bond acceptors (Lipinski definition) is 5. The van der Waals surface area contributed by atoms with Crippen molar-refractivity contribution in [3.63, 3.8) is 0 Å². The SMILES string of the molecule is CC(=O)N1CCC(n2c(=O)n(Cc3ncc4ccccc4c3CC(C)(C)S(C)(=O)=O)c3ccccc32)CC1.